The van der Waals surface area contributed by atoms with Crippen molar-refractivity contribution in [2.45, 2.75) is 0 Å². The van der Waals surface area contributed by atoms with Gasteiger partial charge in [0.25, 0.3) is 5.56 Å². The van der Waals surface area contributed by atoms with E-state index in [1.807, 2.05) is 6.07 Å². The van der Waals surface area contributed by atoms with Crippen LogP contribution in [-0.4, -0.2) is 10.8 Å². The molecule has 0 saturated carbocycles. The molecule has 0 spiro atoms. The van der Waals surface area contributed by atoms with Gasteiger partial charge in [0.1, 0.15) is 0 Å². The number of hydrogen-bond acceptors (Lipinski definition) is 2. The molecule has 80 valence electrons. The summed E-state index contributed by atoms with van der Waals surface area (Å²) >= 11 is 3.09. The van der Waals surface area contributed by atoms with Crippen LogP contribution < -0.4 is 5.56 Å². The van der Waals surface area contributed by atoms with E-state index in [0.29, 0.717) is 15.6 Å². The monoisotopic (exact) mass is 277 g/mol. The smallest absolute Gasteiger partial charge is 0.262 e. The van der Waals surface area contributed by atoms with Gasteiger partial charge in [0.2, 0.25) is 0 Å². The van der Waals surface area contributed by atoms with Gasteiger partial charge >= 0.3 is 0 Å². The average molecular weight is 278 g/mol. The fourth-order valence-electron chi connectivity index (χ4n) is 1.34. The molecule has 1 N–H and O–H groups in total. The average Bonchev–Trinajstić information content (AvgIpc) is 2.33. The first kappa shape index (κ1) is 10.8. The van der Waals surface area contributed by atoms with Crippen molar-refractivity contribution < 1.29 is 4.79 Å². The Balaban J connectivity index is 2.42. The molecule has 2 rings (SSSR count). The van der Waals surface area contributed by atoms with Crippen LogP contribution in [0.25, 0.3) is 0 Å². The van der Waals surface area contributed by atoms with E-state index < -0.39 is 0 Å². The number of pyridine rings is 1. The molecule has 0 amide bonds. The van der Waals surface area contributed by atoms with Crippen molar-refractivity contribution >= 4 is 21.7 Å². The number of aromatic nitrogens is 1. The van der Waals surface area contributed by atoms with E-state index in [4.69, 9.17) is 0 Å². The highest BCUT2D eigenvalue weighted by atomic mass is 79.9. The molecule has 0 fully saturated rings. The number of rotatable bonds is 2. The minimum atomic E-state index is -0.246. The summed E-state index contributed by atoms with van der Waals surface area (Å²) in [4.78, 5) is 25.6. The Bertz CT molecular complexity index is 575. The Kier molecular flexibility index (Phi) is 3.01. The SMILES string of the molecule is O=C(c1ccccc1)c1c[nH]c(=O)c(Br)c1. The third-order valence-corrected chi connectivity index (χ3v) is 2.75. The predicted molar refractivity (Wildman–Crippen MR) is 64.6 cm³/mol. The van der Waals surface area contributed by atoms with E-state index in [2.05, 4.69) is 20.9 Å². The molecular weight excluding hydrogens is 270 g/mol. The summed E-state index contributed by atoms with van der Waals surface area (Å²) in [7, 11) is 0. The van der Waals surface area contributed by atoms with Crippen molar-refractivity contribution in [2.24, 2.45) is 0 Å². The van der Waals surface area contributed by atoms with E-state index in [0.717, 1.165) is 0 Å². The lowest BCUT2D eigenvalue weighted by molar-refractivity contribution is 0.103. The topological polar surface area (TPSA) is 49.9 Å². The largest absolute Gasteiger partial charge is 0.327 e. The molecule has 4 heteroatoms. The molecule has 0 bridgehead atoms. The Morgan fingerprint density at radius 3 is 2.44 bits per heavy atom. The number of carbonyl (C=O) groups excluding carboxylic acids is 1. The van der Waals surface area contributed by atoms with Crippen LogP contribution in [0.2, 0.25) is 0 Å². The highest BCUT2D eigenvalue weighted by molar-refractivity contribution is 9.10. The zero-order chi connectivity index (χ0) is 11.5. The van der Waals surface area contributed by atoms with Gasteiger partial charge in [-0.3, -0.25) is 9.59 Å². The summed E-state index contributed by atoms with van der Waals surface area (Å²) in [5.74, 6) is -0.113. The Hall–Kier alpha value is -1.68. The molecule has 0 atom stereocenters. The Morgan fingerprint density at radius 1 is 1.12 bits per heavy atom. The normalized spacial score (nSPS) is 10.1. The number of hydrogen-bond donors (Lipinski definition) is 1. The summed E-state index contributed by atoms with van der Waals surface area (Å²) in [6.45, 7) is 0. The van der Waals surface area contributed by atoms with Crippen LogP contribution in [0.1, 0.15) is 15.9 Å². The number of halogens is 1. The standard InChI is InChI=1S/C12H8BrNO2/c13-10-6-9(7-14-12(10)16)11(15)8-4-2-1-3-5-8/h1-7H,(H,14,16). The van der Waals surface area contributed by atoms with E-state index >= 15 is 0 Å². The molecule has 1 aromatic heterocycles. The number of benzene rings is 1. The molecule has 0 aliphatic rings. The van der Waals surface area contributed by atoms with Crippen molar-refractivity contribution in [3.05, 3.63) is 68.5 Å². The van der Waals surface area contributed by atoms with Crippen LogP contribution in [0, 0.1) is 0 Å². The quantitative estimate of drug-likeness (QED) is 0.857. The van der Waals surface area contributed by atoms with Gasteiger partial charge in [-0.1, -0.05) is 30.3 Å². The first-order valence-electron chi connectivity index (χ1n) is 4.66. The molecule has 2 aromatic rings. The Labute approximate surface area is 100 Å². The molecule has 3 nitrogen and oxygen atoms in total. The number of ketones is 1. The second kappa shape index (κ2) is 4.45. The minimum Gasteiger partial charge on any atom is -0.327 e. The van der Waals surface area contributed by atoms with Crippen LogP contribution >= 0.6 is 15.9 Å². The fourth-order valence-corrected chi connectivity index (χ4v) is 1.70. The van der Waals surface area contributed by atoms with Gasteiger partial charge < -0.3 is 4.98 Å². The number of carbonyl (C=O) groups is 1. The van der Waals surface area contributed by atoms with Crippen LogP contribution in [0.15, 0.2) is 51.9 Å². The molecule has 0 aliphatic heterocycles. The first-order valence-corrected chi connectivity index (χ1v) is 5.46. The zero-order valence-corrected chi connectivity index (χ0v) is 9.82. The molecular formula is C12H8BrNO2. The second-order valence-corrected chi connectivity index (χ2v) is 4.11. The molecule has 16 heavy (non-hydrogen) atoms. The Morgan fingerprint density at radius 2 is 1.81 bits per heavy atom. The zero-order valence-electron chi connectivity index (χ0n) is 8.24. The van der Waals surface area contributed by atoms with Crippen molar-refractivity contribution in [2.75, 3.05) is 0 Å². The van der Waals surface area contributed by atoms with E-state index in [1.165, 1.54) is 12.3 Å². The van der Waals surface area contributed by atoms with Crippen LogP contribution in [0.4, 0.5) is 0 Å². The molecule has 1 heterocycles. The van der Waals surface area contributed by atoms with Gasteiger partial charge in [0, 0.05) is 17.3 Å². The molecule has 0 saturated heterocycles. The lowest BCUT2D eigenvalue weighted by Crippen LogP contribution is -2.10. The number of nitrogens with one attached hydrogen (secondary N) is 1. The fraction of sp³-hybridized carbons (Fsp3) is 0. The van der Waals surface area contributed by atoms with Crippen LogP contribution in [0.5, 0.6) is 0 Å². The third kappa shape index (κ3) is 2.12. The minimum absolute atomic E-state index is 0.113. The van der Waals surface area contributed by atoms with Crippen molar-refractivity contribution in [1.29, 1.82) is 0 Å². The van der Waals surface area contributed by atoms with E-state index in [1.54, 1.807) is 24.3 Å². The van der Waals surface area contributed by atoms with Gasteiger partial charge in [-0.25, -0.2) is 0 Å². The van der Waals surface area contributed by atoms with Crippen molar-refractivity contribution in [3.63, 3.8) is 0 Å². The number of aromatic amines is 1. The highest BCUT2D eigenvalue weighted by Crippen LogP contribution is 2.11. The second-order valence-electron chi connectivity index (χ2n) is 3.26. The summed E-state index contributed by atoms with van der Waals surface area (Å²) in [5, 5.41) is 0. The first-order chi connectivity index (χ1) is 7.68. The maximum Gasteiger partial charge on any atom is 0.262 e. The lowest BCUT2D eigenvalue weighted by atomic mass is 10.1. The molecule has 0 unspecified atom stereocenters. The van der Waals surface area contributed by atoms with Gasteiger partial charge in [-0.2, -0.15) is 0 Å². The summed E-state index contributed by atoms with van der Waals surface area (Å²) in [6, 6.07) is 10.4. The maximum atomic E-state index is 12.0. The third-order valence-electron chi connectivity index (χ3n) is 2.16. The van der Waals surface area contributed by atoms with E-state index in [9.17, 15) is 9.59 Å². The number of H-pyrrole nitrogens is 1. The van der Waals surface area contributed by atoms with Crippen LogP contribution in [-0.2, 0) is 0 Å². The van der Waals surface area contributed by atoms with Gasteiger partial charge in [-0.15, -0.1) is 0 Å². The summed E-state index contributed by atoms with van der Waals surface area (Å²) in [6.07, 6.45) is 1.42. The molecule has 0 aliphatic carbocycles. The molecule has 1 aromatic carbocycles. The summed E-state index contributed by atoms with van der Waals surface area (Å²) < 4.78 is 0.356. The van der Waals surface area contributed by atoms with Gasteiger partial charge in [-0.05, 0) is 22.0 Å². The van der Waals surface area contributed by atoms with Gasteiger partial charge in [0.05, 0.1) is 4.47 Å². The maximum absolute atomic E-state index is 12.0. The van der Waals surface area contributed by atoms with Crippen LogP contribution in [0.3, 0.4) is 0 Å². The lowest BCUT2D eigenvalue weighted by Gasteiger charge is -2.00. The molecule has 0 radical (unpaired) electrons. The highest BCUT2D eigenvalue weighted by Gasteiger charge is 2.09. The van der Waals surface area contributed by atoms with Gasteiger partial charge in [0.15, 0.2) is 5.78 Å². The van der Waals surface area contributed by atoms with E-state index in [-0.39, 0.29) is 11.3 Å². The van der Waals surface area contributed by atoms with Crippen molar-refractivity contribution in [3.8, 4) is 0 Å². The predicted octanol–water partition coefficient (Wildman–Crippen LogP) is 2.37. The summed E-state index contributed by atoms with van der Waals surface area (Å²) in [5.41, 5.74) is 0.809. The van der Waals surface area contributed by atoms with Crippen molar-refractivity contribution in [1.82, 2.24) is 4.98 Å².